The predicted molar refractivity (Wildman–Crippen MR) is 111 cm³/mol. The van der Waals surface area contributed by atoms with Gasteiger partial charge in [-0.2, -0.15) is 0 Å². The van der Waals surface area contributed by atoms with Crippen molar-refractivity contribution in [2.75, 3.05) is 13.7 Å². The van der Waals surface area contributed by atoms with Crippen molar-refractivity contribution in [3.05, 3.63) is 24.0 Å². The molecule has 0 amide bonds. The highest BCUT2D eigenvalue weighted by Gasteiger charge is 2.60. The molecule has 6 atom stereocenters. The average Bonchev–Trinajstić information content (AvgIpc) is 2.92. The molecule has 2 fully saturated rings. The van der Waals surface area contributed by atoms with E-state index in [1.165, 1.54) is 18.8 Å². The Balaban J connectivity index is 1.99. The second-order valence-corrected chi connectivity index (χ2v) is 9.79. The van der Waals surface area contributed by atoms with Crippen LogP contribution in [0.5, 0.6) is 0 Å². The van der Waals surface area contributed by atoms with E-state index >= 15 is 0 Å². The van der Waals surface area contributed by atoms with Crippen LogP contribution in [-0.4, -0.2) is 36.2 Å². The minimum atomic E-state index is -1.97. The summed E-state index contributed by atoms with van der Waals surface area (Å²) in [6.07, 6.45) is 7.08. The molecule has 3 aliphatic rings. The van der Waals surface area contributed by atoms with Crippen LogP contribution in [0.3, 0.4) is 0 Å². The number of ketones is 1. The Morgan fingerprint density at radius 3 is 2.66 bits per heavy atom. The molecule has 0 aromatic heterocycles. The molecule has 0 aromatic rings. The number of hydrogen-bond acceptors (Lipinski definition) is 5. The number of allylic oxidation sites excluding steroid dienone is 2. The standard InChI is InChI=1S/C24H36O5/c1-7-29-21(26)24(27)14-18(28-6)20(25)17(24)13-23(5)16(3)11-12-22(4)15(2)9-8-10-19(22)23/h14,16-17,19,27H,2,7-13H2,1,3-6H3/t16-,17-,19+,22-,23+,24-/m0/s1. The first kappa shape index (κ1) is 22.1. The summed E-state index contributed by atoms with van der Waals surface area (Å²) in [4.78, 5) is 25.8. The summed E-state index contributed by atoms with van der Waals surface area (Å²) in [7, 11) is 1.39. The highest BCUT2D eigenvalue weighted by Crippen LogP contribution is 2.63. The Bertz CT molecular complexity index is 740. The molecule has 0 spiro atoms. The number of Topliss-reactive ketones (excluding diaryl/α,β-unsaturated/α-hetero) is 1. The van der Waals surface area contributed by atoms with Gasteiger partial charge in [0.2, 0.25) is 5.78 Å². The summed E-state index contributed by atoms with van der Waals surface area (Å²) in [5, 5.41) is 11.3. The van der Waals surface area contributed by atoms with E-state index in [-0.39, 0.29) is 29.0 Å². The number of aliphatic hydroxyl groups is 1. The van der Waals surface area contributed by atoms with E-state index in [4.69, 9.17) is 9.47 Å². The van der Waals surface area contributed by atoms with Gasteiger partial charge in [-0.25, -0.2) is 4.79 Å². The van der Waals surface area contributed by atoms with Crippen LogP contribution in [-0.2, 0) is 19.1 Å². The fourth-order valence-corrected chi connectivity index (χ4v) is 6.35. The monoisotopic (exact) mass is 404 g/mol. The van der Waals surface area contributed by atoms with Crippen LogP contribution < -0.4 is 0 Å². The number of hydrogen-bond donors (Lipinski definition) is 1. The number of rotatable bonds is 5. The average molecular weight is 405 g/mol. The van der Waals surface area contributed by atoms with E-state index in [1.807, 2.05) is 0 Å². The van der Waals surface area contributed by atoms with E-state index in [9.17, 15) is 14.7 Å². The number of carbonyl (C=O) groups excluding carboxylic acids is 2. The first-order valence-electron chi connectivity index (χ1n) is 10.9. The molecule has 0 unspecified atom stereocenters. The first-order valence-corrected chi connectivity index (χ1v) is 10.9. The topological polar surface area (TPSA) is 72.8 Å². The van der Waals surface area contributed by atoms with Crippen molar-refractivity contribution in [3.8, 4) is 0 Å². The Morgan fingerprint density at radius 1 is 1.34 bits per heavy atom. The van der Waals surface area contributed by atoms with Crippen LogP contribution in [0.25, 0.3) is 0 Å². The summed E-state index contributed by atoms with van der Waals surface area (Å²) in [6, 6.07) is 0. The molecule has 162 valence electrons. The zero-order chi connectivity index (χ0) is 21.6. The molecule has 0 saturated heterocycles. The summed E-state index contributed by atoms with van der Waals surface area (Å²) < 4.78 is 10.3. The van der Waals surface area contributed by atoms with Crippen molar-refractivity contribution >= 4 is 11.8 Å². The highest BCUT2D eigenvalue weighted by atomic mass is 16.5. The van der Waals surface area contributed by atoms with Gasteiger partial charge in [-0.05, 0) is 68.1 Å². The largest absolute Gasteiger partial charge is 0.493 e. The van der Waals surface area contributed by atoms with Crippen LogP contribution in [0.2, 0.25) is 0 Å². The van der Waals surface area contributed by atoms with Crippen molar-refractivity contribution in [1.82, 2.24) is 0 Å². The predicted octanol–water partition coefficient (Wildman–Crippen LogP) is 4.20. The van der Waals surface area contributed by atoms with Crippen molar-refractivity contribution in [1.29, 1.82) is 0 Å². The van der Waals surface area contributed by atoms with Crippen LogP contribution >= 0.6 is 0 Å². The zero-order valence-corrected chi connectivity index (χ0v) is 18.5. The molecule has 5 heteroatoms. The quantitative estimate of drug-likeness (QED) is 0.549. The van der Waals surface area contributed by atoms with Gasteiger partial charge in [0.05, 0.1) is 19.6 Å². The molecule has 0 heterocycles. The molecule has 0 aromatic carbocycles. The summed E-state index contributed by atoms with van der Waals surface area (Å²) in [5.74, 6) is -1.18. The molecule has 0 aliphatic heterocycles. The highest BCUT2D eigenvalue weighted by molar-refractivity contribution is 6.05. The number of esters is 1. The zero-order valence-electron chi connectivity index (χ0n) is 18.5. The summed E-state index contributed by atoms with van der Waals surface area (Å²) in [6.45, 7) is 13.0. The lowest BCUT2D eigenvalue weighted by atomic mass is 9.45. The van der Waals surface area contributed by atoms with Gasteiger partial charge in [-0.15, -0.1) is 0 Å². The Morgan fingerprint density at radius 2 is 2.03 bits per heavy atom. The Hall–Kier alpha value is -1.62. The smallest absolute Gasteiger partial charge is 0.343 e. The summed E-state index contributed by atoms with van der Waals surface area (Å²) >= 11 is 0. The third kappa shape index (κ3) is 3.26. The van der Waals surface area contributed by atoms with Crippen molar-refractivity contribution in [2.45, 2.75) is 71.8 Å². The molecule has 2 saturated carbocycles. The maximum atomic E-state index is 13.1. The third-order valence-corrected chi connectivity index (χ3v) is 8.47. The van der Waals surface area contributed by atoms with E-state index < -0.39 is 17.5 Å². The van der Waals surface area contributed by atoms with Gasteiger partial charge in [-0.1, -0.05) is 32.9 Å². The number of ether oxygens (including phenoxy) is 2. The number of methoxy groups -OCH3 is 1. The summed E-state index contributed by atoms with van der Waals surface area (Å²) in [5.41, 5.74) is -0.823. The molecule has 3 aliphatic carbocycles. The molecule has 3 rings (SSSR count). The SMILES string of the molecule is C=C1CCC[C@H]2[C@](C)(C[C@H]3C(=O)C(OC)=C[C@@]3(O)C(=O)OCC)[C@@H](C)CC[C@@]12C. The van der Waals surface area contributed by atoms with Gasteiger partial charge in [0, 0.05) is 6.08 Å². The van der Waals surface area contributed by atoms with E-state index in [1.54, 1.807) is 6.92 Å². The molecule has 0 bridgehead atoms. The van der Waals surface area contributed by atoms with E-state index in [0.29, 0.717) is 18.3 Å². The van der Waals surface area contributed by atoms with E-state index in [2.05, 4.69) is 27.4 Å². The van der Waals surface area contributed by atoms with Gasteiger partial charge in [0.1, 0.15) is 0 Å². The lowest BCUT2D eigenvalue weighted by molar-refractivity contribution is -0.169. The van der Waals surface area contributed by atoms with Gasteiger partial charge < -0.3 is 14.6 Å². The van der Waals surface area contributed by atoms with Gasteiger partial charge in [0.15, 0.2) is 11.4 Å². The maximum Gasteiger partial charge on any atom is 0.343 e. The number of fused-ring (bicyclic) bond motifs is 1. The molecule has 29 heavy (non-hydrogen) atoms. The van der Waals surface area contributed by atoms with Gasteiger partial charge in [0.25, 0.3) is 0 Å². The van der Waals surface area contributed by atoms with Crippen LogP contribution in [0.4, 0.5) is 0 Å². The van der Waals surface area contributed by atoms with Gasteiger partial charge in [-0.3, -0.25) is 4.79 Å². The van der Waals surface area contributed by atoms with Crippen LogP contribution in [0.1, 0.15) is 66.2 Å². The third-order valence-electron chi connectivity index (χ3n) is 8.47. The normalized spacial score (nSPS) is 42.3. The molecular weight excluding hydrogens is 368 g/mol. The minimum Gasteiger partial charge on any atom is -0.493 e. The Labute approximate surface area is 174 Å². The number of carbonyl (C=O) groups is 2. The fraction of sp³-hybridized carbons (Fsp3) is 0.750. The minimum absolute atomic E-state index is 0.0424. The van der Waals surface area contributed by atoms with E-state index in [0.717, 1.165) is 32.1 Å². The Kier molecular flexibility index (Phi) is 5.76. The fourth-order valence-electron chi connectivity index (χ4n) is 6.35. The van der Waals surface area contributed by atoms with Crippen LogP contribution in [0.15, 0.2) is 24.0 Å². The molecular formula is C24H36O5. The van der Waals surface area contributed by atoms with Gasteiger partial charge >= 0.3 is 5.97 Å². The second-order valence-electron chi connectivity index (χ2n) is 9.79. The first-order chi connectivity index (χ1) is 13.5. The second kappa shape index (κ2) is 7.57. The molecule has 1 N–H and O–H groups in total. The van der Waals surface area contributed by atoms with Crippen molar-refractivity contribution < 1.29 is 24.2 Å². The van der Waals surface area contributed by atoms with Crippen LogP contribution in [0, 0.1) is 28.6 Å². The van der Waals surface area contributed by atoms with Crippen molar-refractivity contribution in [3.63, 3.8) is 0 Å². The molecule has 0 radical (unpaired) electrons. The maximum absolute atomic E-state index is 13.1. The van der Waals surface area contributed by atoms with Crippen molar-refractivity contribution in [2.24, 2.45) is 28.6 Å². The lowest BCUT2D eigenvalue weighted by Crippen LogP contribution is -2.54. The molecule has 5 nitrogen and oxygen atoms in total. The lowest BCUT2D eigenvalue weighted by Gasteiger charge is -2.59.